The van der Waals surface area contributed by atoms with E-state index in [9.17, 15) is 38.4 Å². The number of nitrogens with one attached hydrogen (secondary N) is 3. The topological polar surface area (TPSA) is 179 Å². The fraction of sp³-hybridized carbons (Fsp3) is 0.429. The van der Waals surface area contributed by atoms with Gasteiger partial charge in [0.15, 0.2) is 0 Å². The third-order valence-corrected chi connectivity index (χ3v) is 9.42. The highest BCUT2D eigenvalue weighted by Gasteiger charge is 2.40. The molecular formula is C35H37N5O8. The Kier molecular flexibility index (Phi) is 9.47. The van der Waals surface area contributed by atoms with Gasteiger partial charge in [0, 0.05) is 62.0 Å². The minimum Gasteiger partial charge on any atom is -0.326 e. The smallest absolute Gasteiger partial charge is 0.255 e. The van der Waals surface area contributed by atoms with Gasteiger partial charge in [0.2, 0.25) is 29.5 Å². The Hall–Kier alpha value is -5.20. The van der Waals surface area contributed by atoms with Crippen molar-refractivity contribution in [3.05, 3.63) is 64.2 Å². The number of rotatable bonds is 12. The van der Waals surface area contributed by atoms with Crippen LogP contribution in [0.1, 0.15) is 102 Å². The quantitative estimate of drug-likeness (QED) is 0.230. The Morgan fingerprint density at radius 2 is 1.23 bits per heavy atom. The molecule has 0 spiro atoms. The average Bonchev–Trinajstić information content (AvgIpc) is 3.54. The highest BCUT2D eigenvalue weighted by Crippen LogP contribution is 2.30. The van der Waals surface area contributed by atoms with Crippen LogP contribution in [0.15, 0.2) is 36.4 Å². The lowest BCUT2D eigenvalue weighted by atomic mass is 10.00. The number of imide groups is 2. The molecule has 0 bridgehead atoms. The van der Waals surface area contributed by atoms with E-state index in [-0.39, 0.29) is 67.5 Å². The number of carbonyl (C=O) groups excluding carboxylic acids is 8. The SMILES string of the molecule is O=C(CCCCCCC(=O)Nc1ccc2c(c1)C(=O)N(C1CCC(=O)NC1=O)C2)Cc1ccc2c(c1)C(=O)N(C1CCC(=O)NC1=O)C2. The number of benzene rings is 2. The van der Waals surface area contributed by atoms with Crippen LogP contribution < -0.4 is 16.0 Å². The molecule has 2 aromatic carbocycles. The standard InChI is InChI=1S/C35H37N5O8/c41-24(15-20-7-8-21-18-39(34(47)25(21)16-20)27-11-13-30(43)37-32(27)45)5-3-1-2-4-6-29(42)36-23-10-9-22-19-40(35(48)26(22)17-23)28-12-14-31(44)38-33(28)46/h7-10,16-17,27-28H,1-6,11-15,18-19H2,(H,36,42)(H,37,43,45)(H,38,44,46). The molecule has 0 radical (unpaired) electrons. The molecule has 4 heterocycles. The predicted octanol–water partition coefficient (Wildman–Crippen LogP) is 2.30. The molecule has 0 saturated carbocycles. The summed E-state index contributed by atoms with van der Waals surface area (Å²) in [5.74, 6) is -2.28. The summed E-state index contributed by atoms with van der Waals surface area (Å²) in [5, 5.41) is 7.42. The van der Waals surface area contributed by atoms with Crippen LogP contribution in [-0.4, -0.2) is 69.0 Å². The normalized spacial score (nSPS) is 20.4. The second-order valence-corrected chi connectivity index (χ2v) is 12.8. The van der Waals surface area contributed by atoms with E-state index in [1.54, 1.807) is 24.3 Å². The fourth-order valence-corrected chi connectivity index (χ4v) is 6.85. The zero-order chi connectivity index (χ0) is 33.9. The average molecular weight is 656 g/mol. The Morgan fingerprint density at radius 3 is 1.81 bits per heavy atom. The molecule has 4 aliphatic rings. The van der Waals surface area contributed by atoms with Crippen LogP contribution in [0.4, 0.5) is 5.69 Å². The first kappa shape index (κ1) is 32.7. The largest absolute Gasteiger partial charge is 0.326 e. The molecule has 2 fully saturated rings. The summed E-state index contributed by atoms with van der Waals surface area (Å²) in [4.78, 5) is 102. The van der Waals surface area contributed by atoms with Crippen LogP contribution in [0, 0.1) is 0 Å². The molecule has 0 aliphatic carbocycles. The van der Waals surface area contributed by atoms with Gasteiger partial charge in [-0.25, -0.2) is 0 Å². The lowest BCUT2D eigenvalue weighted by molar-refractivity contribution is -0.138. The summed E-state index contributed by atoms with van der Waals surface area (Å²) in [6.45, 7) is 0.570. The van der Waals surface area contributed by atoms with Crippen molar-refractivity contribution in [3.8, 4) is 0 Å². The van der Waals surface area contributed by atoms with Crippen molar-refractivity contribution >= 4 is 52.8 Å². The maximum Gasteiger partial charge on any atom is 0.255 e. The summed E-state index contributed by atoms with van der Waals surface area (Å²) in [5.41, 5.74) is 3.72. The predicted molar refractivity (Wildman–Crippen MR) is 170 cm³/mol. The van der Waals surface area contributed by atoms with E-state index >= 15 is 0 Å². The van der Waals surface area contributed by atoms with Gasteiger partial charge in [-0.1, -0.05) is 31.0 Å². The second-order valence-electron chi connectivity index (χ2n) is 12.8. The molecule has 0 aromatic heterocycles. The van der Waals surface area contributed by atoms with Crippen molar-refractivity contribution < 1.29 is 38.4 Å². The zero-order valence-corrected chi connectivity index (χ0v) is 26.5. The molecule has 13 heteroatoms. The van der Waals surface area contributed by atoms with Gasteiger partial charge in [-0.05, 0) is 60.6 Å². The van der Waals surface area contributed by atoms with Gasteiger partial charge in [-0.2, -0.15) is 0 Å². The molecule has 2 saturated heterocycles. The lowest BCUT2D eigenvalue weighted by Gasteiger charge is -2.29. The van der Waals surface area contributed by atoms with E-state index in [2.05, 4.69) is 16.0 Å². The molecule has 2 unspecified atom stereocenters. The maximum absolute atomic E-state index is 13.0. The highest BCUT2D eigenvalue weighted by molar-refractivity contribution is 6.07. The van der Waals surface area contributed by atoms with E-state index in [0.29, 0.717) is 55.5 Å². The van der Waals surface area contributed by atoms with E-state index < -0.39 is 23.9 Å². The summed E-state index contributed by atoms with van der Waals surface area (Å²) in [7, 11) is 0. The Bertz CT molecular complexity index is 1610. The number of carbonyl (C=O) groups is 8. The molecular weight excluding hydrogens is 618 g/mol. The Morgan fingerprint density at radius 1 is 0.688 bits per heavy atom. The number of nitrogens with zero attached hydrogens (tertiary/aromatic N) is 2. The molecule has 7 amide bonds. The minimum absolute atomic E-state index is 0.0579. The second kappa shape index (κ2) is 13.9. The van der Waals surface area contributed by atoms with E-state index in [1.165, 1.54) is 9.80 Å². The van der Waals surface area contributed by atoms with E-state index in [1.807, 2.05) is 12.1 Å². The first-order valence-corrected chi connectivity index (χ1v) is 16.4. The number of amides is 7. The molecule has 2 atom stereocenters. The molecule has 2 aromatic rings. The molecule has 250 valence electrons. The van der Waals surface area contributed by atoms with Gasteiger partial charge in [0.05, 0.1) is 0 Å². The molecule has 4 aliphatic heterocycles. The summed E-state index contributed by atoms with van der Waals surface area (Å²) < 4.78 is 0. The summed E-state index contributed by atoms with van der Waals surface area (Å²) in [6.07, 6.45) is 4.72. The van der Waals surface area contributed by atoms with Crippen molar-refractivity contribution in [2.24, 2.45) is 0 Å². The first-order chi connectivity index (χ1) is 23.1. The maximum atomic E-state index is 13.0. The van der Waals surface area contributed by atoms with Crippen molar-refractivity contribution in [2.45, 2.75) is 95.8 Å². The number of piperidine rings is 2. The van der Waals surface area contributed by atoms with Crippen LogP contribution in [0.5, 0.6) is 0 Å². The number of hydrogen-bond donors (Lipinski definition) is 3. The Balaban J connectivity index is 0.889. The molecule has 6 rings (SSSR count). The van der Waals surface area contributed by atoms with Crippen LogP contribution in [-0.2, 0) is 48.3 Å². The summed E-state index contributed by atoms with van der Waals surface area (Å²) in [6, 6.07) is 9.14. The first-order valence-electron chi connectivity index (χ1n) is 16.4. The van der Waals surface area contributed by atoms with Gasteiger partial charge in [0.25, 0.3) is 11.8 Å². The van der Waals surface area contributed by atoms with Crippen molar-refractivity contribution in [2.75, 3.05) is 5.32 Å². The van der Waals surface area contributed by atoms with Crippen molar-refractivity contribution in [1.29, 1.82) is 0 Å². The van der Waals surface area contributed by atoms with Crippen LogP contribution in [0.25, 0.3) is 0 Å². The molecule has 13 nitrogen and oxygen atoms in total. The zero-order valence-electron chi connectivity index (χ0n) is 26.5. The number of fused-ring (bicyclic) bond motifs is 2. The number of unbranched alkanes of at least 4 members (excludes halogenated alkanes) is 3. The number of Topliss-reactive ketones (excluding diaryl/α,β-unsaturated/α-hetero) is 1. The van der Waals surface area contributed by atoms with Crippen molar-refractivity contribution in [1.82, 2.24) is 20.4 Å². The van der Waals surface area contributed by atoms with Gasteiger partial charge in [-0.15, -0.1) is 0 Å². The van der Waals surface area contributed by atoms with Crippen LogP contribution >= 0.6 is 0 Å². The van der Waals surface area contributed by atoms with Crippen molar-refractivity contribution in [3.63, 3.8) is 0 Å². The highest BCUT2D eigenvalue weighted by atomic mass is 16.2. The van der Waals surface area contributed by atoms with Gasteiger partial charge >= 0.3 is 0 Å². The van der Waals surface area contributed by atoms with Crippen LogP contribution in [0.3, 0.4) is 0 Å². The number of hydrogen-bond acceptors (Lipinski definition) is 8. The minimum atomic E-state index is -0.694. The third kappa shape index (κ3) is 7.04. The molecule has 48 heavy (non-hydrogen) atoms. The van der Waals surface area contributed by atoms with Gasteiger partial charge < -0.3 is 15.1 Å². The van der Waals surface area contributed by atoms with E-state index in [4.69, 9.17) is 0 Å². The number of anilines is 1. The fourth-order valence-electron chi connectivity index (χ4n) is 6.85. The van der Waals surface area contributed by atoms with Gasteiger partial charge in [-0.3, -0.25) is 49.0 Å². The lowest BCUT2D eigenvalue weighted by Crippen LogP contribution is -2.52. The van der Waals surface area contributed by atoms with Crippen LogP contribution in [0.2, 0.25) is 0 Å². The monoisotopic (exact) mass is 655 g/mol. The van der Waals surface area contributed by atoms with E-state index in [0.717, 1.165) is 29.5 Å². The summed E-state index contributed by atoms with van der Waals surface area (Å²) >= 11 is 0. The Labute approximate surface area is 276 Å². The molecule has 3 N–H and O–H groups in total. The van der Waals surface area contributed by atoms with Gasteiger partial charge in [0.1, 0.15) is 17.9 Å². The number of ketones is 1. The third-order valence-electron chi connectivity index (χ3n) is 9.42.